The third-order valence-electron chi connectivity index (χ3n) is 5.32. The number of carbonyl (C=O) groups excluding carboxylic acids is 1. The SMILES string of the molecule is CCCCn1c(N)c(N(CCOC)C(=O)c2ccc(C)c(-n3cccc3)c2)c(=O)[nH]c1=O. The molecule has 0 unspecified atom stereocenters. The van der Waals surface area contributed by atoms with Gasteiger partial charge in [0.2, 0.25) is 0 Å². The average molecular weight is 440 g/mol. The molecule has 0 saturated carbocycles. The minimum atomic E-state index is -0.706. The Balaban J connectivity index is 2.10. The molecule has 3 N–H and O–H groups in total. The number of ether oxygens (including phenoxy) is 1. The summed E-state index contributed by atoms with van der Waals surface area (Å²) in [5, 5.41) is 0. The Morgan fingerprint density at radius 3 is 2.59 bits per heavy atom. The molecule has 170 valence electrons. The smallest absolute Gasteiger partial charge is 0.330 e. The van der Waals surface area contributed by atoms with Gasteiger partial charge in [-0.25, -0.2) is 4.79 Å². The van der Waals surface area contributed by atoms with Gasteiger partial charge in [-0.3, -0.25) is 24.0 Å². The van der Waals surface area contributed by atoms with Crippen LogP contribution in [0, 0.1) is 6.92 Å². The fraction of sp³-hybridized carbons (Fsp3) is 0.348. The molecule has 32 heavy (non-hydrogen) atoms. The lowest BCUT2D eigenvalue weighted by atomic mass is 10.1. The average Bonchev–Trinajstić information content (AvgIpc) is 3.30. The van der Waals surface area contributed by atoms with E-state index in [0.29, 0.717) is 18.5 Å². The highest BCUT2D eigenvalue weighted by molar-refractivity contribution is 6.07. The predicted molar refractivity (Wildman–Crippen MR) is 125 cm³/mol. The summed E-state index contributed by atoms with van der Waals surface area (Å²) in [7, 11) is 1.51. The maximum Gasteiger partial charge on any atom is 0.330 e. The Morgan fingerprint density at radius 1 is 1.22 bits per heavy atom. The molecule has 1 aromatic carbocycles. The van der Waals surface area contributed by atoms with Crippen LogP contribution < -0.4 is 21.9 Å². The number of unbranched alkanes of at least 4 members (excludes halogenated alkanes) is 1. The molecular weight excluding hydrogens is 410 g/mol. The Labute approximate surface area is 186 Å². The molecule has 0 bridgehead atoms. The summed E-state index contributed by atoms with van der Waals surface area (Å²) in [5.41, 5.74) is 7.14. The van der Waals surface area contributed by atoms with Crippen LogP contribution in [0.3, 0.4) is 0 Å². The Bertz CT molecular complexity index is 1190. The van der Waals surface area contributed by atoms with Crippen LogP contribution in [0.1, 0.15) is 35.7 Å². The number of carbonyl (C=O) groups is 1. The van der Waals surface area contributed by atoms with Crippen molar-refractivity contribution in [3.8, 4) is 5.69 Å². The first-order chi connectivity index (χ1) is 15.4. The number of nitrogens with two attached hydrogens (primary N) is 1. The maximum atomic E-state index is 13.6. The van der Waals surface area contributed by atoms with Gasteiger partial charge in [-0.2, -0.15) is 0 Å². The zero-order chi connectivity index (χ0) is 23.3. The van der Waals surface area contributed by atoms with Crippen molar-refractivity contribution in [3.05, 3.63) is 74.7 Å². The molecule has 3 rings (SSSR count). The summed E-state index contributed by atoms with van der Waals surface area (Å²) < 4.78 is 8.37. The number of nitrogens with zero attached hydrogens (tertiary/aromatic N) is 3. The van der Waals surface area contributed by atoms with E-state index in [4.69, 9.17) is 10.5 Å². The van der Waals surface area contributed by atoms with Crippen LogP contribution in [0.5, 0.6) is 0 Å². The number of nitrogens with one attached hydrogen (secondary N) is 1. The van der Waals surface area contributed by atoms with E-state index in [1.165, 1.54) is 16.6 Å². The lowest BCUT2D eigenvalue weighted by molar-refractivity contribution is 0.0975. The molecule has 3 aromatic rings. The Hall–Kier alpha value is -3.59. The van der Waals surface area contributed by atoms with Crippen molar-refractivity contribution in [2.24, 2.45) is 0 Å². The van der Waals surface area contributed by atoms with E-state index in [-0.39, 0.29) is 24.7 Å². The van der Waals surface area contributed by atoms with E-state index in [2.05, 4.69) is 4.98 Å². The first-order valence-corrected chi connectivity index (χ1v) is 10.6. The minimum absolute atomic E-state index is 0.0330. The maximum absolute atomic E-state index is 13.6. The first-order valence-electron chi connectivity index (χ1n) is 10.6. The van der Waals surface area contributed by atoms with E-state index >= 15 is 0 Å². The Kier molecular flexibility index (Phi) is 7.32. The lowest BCUT2D eigenvalue weighted by Gasteiger charge is -2.25. The van der Waals surface area contributed by atoms with E-state index in [1.807, 2.05) is 49.0 Å². The predicted octanol–water partition coefficient (Wildman–Crippen LogP) is 2.31. The molecule has 0 radical (unpaired) electrons. The number of hydrogen-bond donors (Lipinski definition) is 2. The van der Waals surface area contributed by atoms with Gasteiger partial charge in [0.05, 0.1) is 6.61 Å². The largest absolute Gasteiger partial charge is 0.383 e. The van der Waals surface area contributed by atoms with Gasteiger partial charge >= 0.3 is 5.69 Å². The van der Waals surface area contributed by atoms with E-state index < -0.39 is 17.2 Å². The van der Waals surface area contributed by atoms with Crippen LogP contribution in [-0.2, 0) is 11.3 Å². The van der Waals surface area contributed by atoms with Crippen molar-refractivity contribution in [1.29, 1.82) is 0 Å². The number of methoxy groups -OCH3 is 1. The molecule has 0 aliphatic rings. The summed E-state index contributed by atoms with van der Waals surface area (Å²) >= 11 is 0. The minimum Gasteiger partial charge on any atom is -0.383 e. The van der Waals surface area contributed by atoms with Crippen molar-refractivity contribution in [3.63, 3.8) is 0 Å². The van der Waals surface area contributed by atoms with Gasteiger partial charge in [-0.05, 0) is 43.2 Å². The van der Waals surface area contributed by atoms with Crippen molar-refractivity contribution >= 4 is 17.4 Å². The third-order valence-corrected chi connectivity index (χ3v) is 5.32. The quantitative estimate of drug-likeness (QED) is 0.531. The molecule has 2 heterocycles. The number of benzene rings is 1. The molecule has 0 fully saturated rings. The van der Waals surface area contributed by atoms with Gasteiger partial charge in [0.15, 0.2) is 5.69 Å². The van der Waals surface area contributed by atoms with Gasteiger partial charge in [0, 0.05) is 43.8 Å². The Morgan fingerprint density at radius 2 is 1.94 bits per heavy atom. The van der Waals surface area contributed by atoms with Gasteiger partial charge in [-0.15, -0.1) is 0 Å². The number of amides is 1. The zero-order valence-corrected chi connectivity index (χ0v) is 18.6. The molecule has 1 amide bonds. The number of aryl methyl sites for hydroxylation is 1. The van der Waals surface area contributed by atoms with Crippen LogP contribution in [0.15, 0.2) is 52.3 Å². The summed E-state index contributed by atoms with van der Waals surface area (Å²) in [4.78, 5) is 42.2. The van der Waals surface area contributed by atoms with Crippen molar-refractivity contribution < 1.29 is 9.53 Å². The normalized spacial score (nSPS) is 11.0. The monoisotopic (exact) mass is 439 g/mol. The van der Waals surface area contributed by atoms with Crippen molar-refractivity contribution in [1.82, 2.24) is 14.1 Å². The summed E-state index contributed by atoms with van der Waals surface area (Å²) in [6.07, 6.45) is 5.34. The number of anilines is 2. The third kappa shape index (κ3) is 4.67. The second-order valence-corrected chi connectivity index (χ2v) is 7.54. The molecule has 9 heteroatoms. The van der Waals surface area contributed by atoms with Crippen LogP contribution in [-0.4, -0.2) is 40.3 Å². The fourth-order valence-electron chi connectivity index (χ4n) is 3.55. The van der Waals surface area contributed by atoms with Crippen LogP contribution in [0.2, 0.25) is 0 Å². The highest BCUT2D eigenvalue weighted by atomic mass is 16.5. The fourth-order valence-corrected chi connectivity index (χ4v) is 3.55. The van der Waals surface area contributed by atoms with E-state index in [0.717, 1.165) is 17.7 Å². The molecule has 9 nitrogen and oxygen atoms in total. The molecule has 0 aliphatic heterocycles. The topological polar surface area (TPSA) is 115 Å². The molecule has 0 aliphatic carbocycles. The van der Waals surface area contributed by atoms with Crippen molar-refractivity contribution in [2.45, 2.75) is 33.2 Å². The molecule has 0 spiro atoms. The zero-order valence-electron chi connectivity index (χ0n) is 18.6. The lowest BCUT2D eigenvalue weighted by Crippen LogP contribution is -2.42. The number of rotatable bonds is 9. The molecule has 0 saturated heterocycles. The number of hydrogen-bond acceptors (Lipinski definition) is 5. The van der Waals surface area contributed by atoms with Gasteiger partial charge in [-0.1, -0.05) is 19.4 Å². The molecular formula is C23H29N5O4. The number of aromatic nitrogens is 3. The standard InChI is InChI=1S/C23H29N5O4/c1-4-5-12-28-20(24)19(21(29)25-23(28)31)27(13-14-32-3)22(30)17-9-8-16(2)18(15-17)26-10-6-7-11-26/h6-11,15H,4-5,12-14,24H2,1-3H3,(H,25,29,31). The van der Waals surface area contributed by atoms with Crippen LogP contribution in [0.4, 0.5) is 11.5 Å². The highest BCUT2D eigenvalue weighted by Crippen LogP contribution is 2.22. The van der Waals surface area contributed by atoms with Crippen LogP contribution in [0.25, 0.3) is 5.69 Å². The number of nitrogen functional groups attached to an aromatic ring is 1. The van der Waals surface area contributed by atoms with Gasteiger partial charge < -0.3 is 15.0 Å². The number of aromatic amines is 1. The van der Waals surface area contributed by atoms with Gasteiger partial charge in [0.1, 0.15) is 5.82 Å². The van der Waals surface area contributed by atoms with E-state index in [1.54, 1.807) is 12.1 Å². The summed E-state index contributed by atoms with van der Waals surface area (Å²) in [5.74, 6) is -0.442. The highest BCUT2D eigenvalue weighted by Gasteiger charge is 2.25. The summed E-state index contributed by atoms with van der Waals surface area (Å²) in [6, 6.07) is 9.14. The molecule has 0 atom stereocenters. The molecule has 2 aromatic heterocycles. The van der Waals surface area contributed by atoms with E-state index in [9.17, 15) is 14.4 Å². The number of H-pyrrole nitrogens is 1. The second-order valence-electron chi connectivity index (χ2n) is 7.54. The second kappa shape index (κ2) is 10.1. The first kappa shape index (κ1) is 23.1. The van der Waals surface area contributed by atoms with Crippen LogP contribution >= 0.6 is 0 Å². The van der Waals surface area contributed by atoms with Crippen molar-refractivity contribution in [2.75, 3.05) is 30.9 Å². The summed E-state index contributed by atoms with van der Waals surface area (Å²) in [6.45, 7) is 4.58. The van der Waals surface area contributed by atoms with Gasteiger partial charge in [0.25, 0.3) is 11.5 Å².